The Morgan fingerprint density at radius 3 is 2.42 bits per heavy atom. The fourth-order valence-corrected chi connectivity index (χ4v) is 1.34. The van der Waals surface area contributed by atoms with E-state index in [9.17, 15) is 0 Å². The first-order valence-electron chi connectivity index (χ1n) is 4.99. The third-order valence-corrected chi connectivity index (χ3v) is 2.23. The first-order chi connectivity index (χ1) is 5.68. The molecule has 0 nitrogen and oxygen atoms in total. The molecule has 0 radical (unpaired) electrons. The minimum atomic E-state index is 0.941. The van der Waals surface area contributed by atoms with Crippen molar-refractivity contribution in [2.45, 2.75) is 46.5 Å². The van der Waals surface area contributed by atoms with Crippen molar-refractivity contribution in [2.75, 3.05) is 0 Å². The topological polar surface area (TPSA) is 0 Å². The van der Waals surface area contributed by atoms with Gasteiger partial charge in [-0.3, -0.25) is 0 Å². The second kappa shape index (κ2) is 4.49. The van der Waals surface area contributed by atoms with Crippen LogP contribution >= 0.6 is 0 Å². The van der Waals surface area contributed by atoms with Gasteiger partial charge in [-0.15, -0.1) is 0 Å². The smallest absolute Gasteiger partial charge is 0.0231 e. The van der Waals surface area contributed by atoms with Crippen LogP contribution in [0.15, 0.2) is 23.3 Å². The fourth-order valence-electron chi connectivity index (χ4n) is 1.34. The monoisotopic (exact) mass is 164 g/mol. The molecule has 0 spiro atoms. The molecular formula is C12H20. The molecule has 68 valence electrons. The summed E-state index contributed by atoms with van der Waals surface area (Å²) in [4.78, 5) is 0. The Morgan fingerprint density at radius 2 is 1.92 bits per heavy atom. The molecule has 1 saturated carbocycles. The summed E-state index contributed by atoms with van der Waals surface area (Å²) in [5.41, 5.74) is 3.02. The fraction of sp³-hybridized carbons (Fsp3) is 0.667. The van der Waals surface area contributed by atoms with Crippen LogP contribution in [0.5, 0.6) is 0 Å². The molecule has 0 unspecified atom stereocenters. The molecule has 1 fully saturated rings. The Hall–Kier alpha value is -0.520. The first-order valence-corrected chi connectivity index (χ1v) is 4.99. The van der Waals surface area contributed by atoms with Gasteiger partial charge in [0.05, 0.1) is 0 Å². The summed E-state index contributed by atoms with van der Waals surface area (Å²) >= 11 is 0. The van der Waals surface area contributed by atoms with Gasteiger partial charge in [0.25, 0.3) is 0 Å². The summed E-state index contributed by atoms with van der Waals surface area (Å²) in [6.45, 7) is 6.59. The summed E-state index contributed by atoms with van der Waals surface area (Å²) in [6.07, 6.45) is 10.1. The molecule has 12 heavy (non-hydrogen) atoms. The predicted octanol–water partition coefficient (Wildman–Crippen LogP) is 4.09. The highest BCUT2D eigenvalue weighted by Gasteiger charge is 2.17. The zero-order valence-electron chi connectivity index (χ0n) is 8.56. The molecule has 0 aliphatic heterocycles. The summed E-state index contributed by atoms with van der Waals surface area (Å²) in [5.74, 6) is 0.941. The van der Waals surface area contributed by atoms with Gasteiger partial charge in [0.15, 0.2) is 0 Å². The number of hydrogen-bond donors (Lipinski definition) is 0. The Kier molecular flexibility index (Phi) is 3.58. The van der Waals surface area contributed by atoms with E-state index in [0.29, 0.717) is 0 Å². The quantitative estimate of drug-likeness (QED) is 0.549. The third kappa shape index (κ3) is 4.38. The van der Waals surface area contributed by atoms with Gasteiger partial charge >= 0.3 is 0 Å². The largest absolute Gasteiger partial charge is 0.0856 e. The van der Waals surface area contributed by atoms with E-state index in [4.69, 9.17) is 0 Å². The first kappa shape index (κ1) is 9.57. The molecule has 0 atom stereocenters. The molecule has 0 aromatic carbocycles. The van der Waals surface area contributed by atoms with E-state index in [1.165, 1.54) is 31.3 Å². The Morgan fingerprint density at radius 1 is 1.25 bits per heavy atom. The van der Waals surface area contributed by atoms with Crippen LogP contribution < -0.4 is 0 Å². The maximum atomic E-state index is 2.46. The van der Waals surface area contributed by atoms with Gasteiger partial charge in [-0.25, -0.2) is 0 Å². The van der Waals surface area contributed by atoms with E-state index >= 15 is 0 Å². The summed E-state index contributed by atoms with van der Waals surface area (Å²) in [7, 11) is 0. The highest BCUT2D eigenvalue weighted by molar-refractivity contribution is 5.07. The van der Waals surface area contributed by atoms with Crippen LogP contribution in [0.2, 0.25) is 0 Å². The van der Waals surface area contributed by atoms with E-state index in [1.54, 1.807) is 5.57 Å². The minimum Gasteiger partial charge on any atom is -0.0856 e. The summed E-state index contributed by atoms with van der Waals surface area (Å²) in [6, 6.07) is 0. The van der Waals surface area contributed by atoms with Crippen LogP contribution in [-0.4, -0.2) is 0 Å². The zero-order valence-corrected chi connectivity index (χ0v) is 8.56. The molecule has 0 saturated heterocycles. The van der Waals surface area contributed by atoms with Crippen LogP contribution in [-0.2, 0) is 0 Å². The van der Waals surface area contributed by atoms with Crippen LogP contribution in [0, 0.1) is 5.92 Å². The minimum absolute atomic E-state index is 0.941. The standard InChI is InChI=1S/C12H20/c1-10(2)5-4-6-11(3)9-12-7-8-12/h5,9,12H,4,6-8H2,1-3H3/b11-9+. The number of rotatable bonds is 4. The lowest BCUT2D eigenvalue weighted by molar-refractivity contribution is 0.939. The SMILES string of the molecule is CC(C)=CCC/C(C)=C/C1CC1. The maximum absolute atomic E-state index is 2.46. The lowest BCUT2D eigenvalue weighted by Crippen LogP contribution is -1.78. The average Bonchev–Trinajstić information content (AvgIpc) is 2.70. The average molecular weight is 164 g/mol. The molecule has 1 aliphatic rings. The van der Waals surface area contributed by atoms with Crippen LogP contribution in [0.1, 0.15) is 46.5 Å². The van der Waals surface area contributed by atoms with Crippen LogP contribution in [0.4, 0.5) is 0 Å². The normalized spacial score (nSPS) is 17.8. The van der Waals surface area contributed by atoms with Gasteiger partial charge in [-0.1, -0.05) is 23.3 Å². The third-order valence-electron chi connectivity index (χ3n) is 2.23. The Balaban J connectivity index is 2.17. The van der Waals surface area contributed by atoms with Crippen molar-refractivity contribution in [3.63, 3.8) is 0 Å². The maximum Gasteiger partial charge on any atom is -0.0231 e. The molecule has 0 aromatic rings. The highest BCUT2D eigenvalue weighted by Crippen LogP contribution is 2.31. The van der Waals surface area contributed by atoms with Gasteiger partial charge in [0.2, 0.25) is 0 Å². The Labute approximate surface area is 76.4 Å². The lowest BCUT2D eigenvalue weighted by Gasteiger charge is -1.97. The molecular weight excluding hydrogens is 144 g/mol. The molecule has 1 rings (SSSR count). The molecule has 0 bridgehead atoms. The molecule has 0 amide bonds. The Bertz CT molecular complexity index is 188. The van der Waals surface area contributed by atoms with E-state index in [1.807, 2.05) is 0 Å². The van der Waals surface area contributed by atoms with Crippen molar-refractivity contribution in [1.82, 2.24) is 0 Å². The van der Waals surface area contributed by atoms with Gasteiger partial charge in [-0.05, 0) is 52.4 Å². The van der Waals surface area contributed by atoms with Crippen molar-refractivity contribution in [3.05, 3.63) is 23.3 Å². The van der Waals surface area contributed by atoms with E-state index < -0.39 is 0 Å². The van der Waals surface area contributed by atoms with Crippen LogP contribution in [0.3, 0.4) is 0 Å². The predicted molar refractivity (Wildman–Crippen MR) is 55.1 cm³/mol. The van der Waals surface area contributed by atoms with E-state index in [0.717, 1.165) is 5.92 Å². The molecule has 1 aliphatic carbocycles. The van der Waals surface area contributed by atoms with Crippen molar-refractivity contribution in [2.24, 2.45) is 5.92 Å². The zero-order chi connectivity index (χ0) is 8.97. The lowest BCUT2D eigenvalue weighted by atomic mass is 10.1. The number of hydrogen-bond acceptors (Lipinski definition) is 0. The van der Waals surface area contributed by atoms with E-state index in [2.05, 4.69) is 32.9 Å². The summed E-state index contributed by atoms with van der Waals surface area (Å²) in [5, 5.41) is 0. The molecule has 0 heteroatoms. The summed E-state index contributed by atoms with van der Waals surface area (Å²) < 4.78 is 0. The van der Waals surface area contributed by atoms with Crippen molar-refractivity contribution in [1.29, 1.82) is 0 Å². The molecule has 0 heterocycles. The van der Waals surface area contributed by atoms with Gasteiger partial charge in [-0.2, -0.15) is 0 Å². The van der Waals surface area contributed by atoms with Crippen molar-refractivity contribution in [3.8, 4) is 0 Å². The molecule has 0 aromatic heterocycles. The van der Waals surface area contributed by atoms with E-state index in [-0.39, 0.29) is 0 Å². The number of allylic oxidation sites excluding steroid dienone is 4. The highest BCUT2D eigenvalue weighted by atomic mass is 14.2. The van der Waals surface area contributed by atoms with Gasteiger partial charge in [0.1, 0.15) is 0 Å². The second-order valence-corrected chi connectivity index (χ2v) is 4.17. The van der Waals surface area contributed by atoms with Crippen molar-refractivity contribution < 1.29 is 0 Å². The van der Waals surface area contributed by atoms with Gasteiger partial charge in [0, 0.05) is 0 Å². The van der Waals surface area contributed by atoms with Crippen LogP contribution in [0.25, 0.3) is 0 Å². The second-order valence-electron chi connectivity index (χ2n) is 4.17. The van der Waals surface area contributed by atoms with Crippen molar-refractivity contribution >= 4 is 0 Å². The van der Waals surface area contributed by atoms with Gasteiger partial charge < -0.3 is 0 Å². The molecule has 0 N–H and O–H groups in total.